The van der Waals surface area contributed by atoms with E-state index in [-0.39, 0.29) is 0 Å². The summed E-state index contributed by atoms with van der Waals surface area (Å²) >= 11 is 9.15. The van der Waals surface area contributed by atoms with Gasteiger partial charge in [0.05, 0.1) is 4.29 Å². The minimum Gasteiger partial charge on any atom is -0.169 e. The molecule has 0 amide bonds. The summed E-state index contributed by atoms with van der Waals surface area (Å²) in [5, 5.41) is 0. The van der Waals surface area contributed by atoms with E-state index in [4.69, 9.17) is 11.6 Å². The van der Waals surface area contributed by atoms with Crippen LogP contribution in [-0.4, -0.2) is 21.0 Å². The molecule has 0 aliphatic heterocycles. The first-order chi connectivity index (χ1) is 5.92. The van der Waals surface area contributed by atoms with Gasteiger partial charge in [0.25, 0.3) is 0 Å². The monoisotopic (exact) mass is 370 g/mol. The van der Waals surface area contributed by atoms with Crippen molar-refractivity contribution in [3.8, 4) is 0 Å². The van der Waals surface area contributed by atoms with E-state index in [1.807, 2.05) is 0 Å². The van der Waals surface area contributed by atoms with Crippen LogP contribution < -0.4 is 0 Å². The molecule has 0 aromatic heterocycles. The van der Waals surface area contributed by atoms with Gasteiger partial charge in [0.15, 0.2) is 0 Å². The van der Waals surface area contributed by atoms with Crippen LogP contribution in [0.25, 0.3) is 0 Å². The number of hydrogen-bond donors (Lipinski definition) is 0. The van der Waals surface area contributed by atoms with Crippen LogP contribution in [-0.2, 0) is 0 Å². The highest BCUT2D eigenvalue weighted by molar-refractivity contribution is 9.10. The fourth-order valence-electron chi connectivity index (χ4n) is 0.605. The Morgan fingerprint density at radius 1 is 1.00 bits per heavy atom. The zero-order valence-electron chi connectivity index (χ0n) is 6.19. The fourth-order valence-corrected chi connectivity index (χ4v) is 2.27. The lowest BCUT2D eigenvalue weighted by Gasteiger charge is -2.32. The van der Waals surface area contributed by atoms with Crippen molar-refractivity contribution in [2.24, 2.45) is 0 Å². The molecule has 0 rings (SSSR count). The van der Waals surface area contributed by atoms with E-state index in [0.29, 0.717) is 0 Å². The highest BCUT2D eigenvalue weighted by atomic mass is 79.9. The average Bonchev–Trinajstić information content (AvgIpc) is 1.79. The molecule has 0 aromatic carbocycles. The number of rotatable bonds is 2. The van der Waals surface area contributed by atoms with Gasteiger partial charge in [0, 0.05) is 6.42 Å². The van der Waals surface area contributed by atoms with Crippen LogP contribution >= 0.6 is 43.5 Å². The molecule has 0 heterocycles. The Balaban J connectivity index is 5.07. The van der Waals surface area contributed by atoms with Crippen molar-refractivity contribution in [2.75, 3.05) is 0 Å². The first-order valence-electron chi connectivity index (χ1n) is 3.02. The van der Waals surface area contributed by atoms with Gasteiger partial charge in [0.2, 0.25) is 4.32 Å². The maximum Gasteiger partial charge on any atom is 0.412 e. The van der Waals surface area contributed by atoms with Crippen LogP contribution in [0.4, 0.5) is 26.3 Å². The third-order valence-electron chi connectivity index (χ3n) is 1.33. The standard InChI is InChI=1S/C5H3Br2ClF6/c6-2(8)1-3(7,4(9,10)11)5(12,13)14/h2H,1H2. The van der Waals surface area contributed by atoms with Gasteiger partial charge in [-0.2, -0.15) is 26.3 Å². The summed E-state index contributed by atoms with van der Waals surface area (Å²) in [7, 11) is 0. The molecule has 86 valence electrons. The summed E-state index contributed by atoms with van der Waals surface area (Å²) in [4.78, 5) is 0. The molecule has 0 aromatic rings. The molecule has 0 saturated carbocycles. The minimum atomic E-state index is -5.45. The first-order valence-corrected chi connectivity index (χ1v) is 5.17. The lowest BCUT2D eigenvalue weighted by Crippen LogP contribution is -2.52. The van der Waals surface area contributed by atoms with Gasteiger partial charge in [-0.05, 0) is 0 Å². The molecule has 0 aliphatic rings. The Labute approximate surface area is 97.2 Å². The molecular weight excluding hydrogens is 369 g/mol. The summed E-state index contributed by atoms with van der Waals surface area (Å²) in [6, 6.07) is 0. The fraction of sp³-hybridized carbons (Fsp3) is 1.00. The van der Waals surface area contributed by atoms with E-state index in [1.165, 1.54) is 0 Å². The zero-order valence-corrected chi connectivity index (χ0v) is 10.1. The molecule has 0 aliphatic carbocycles. The van der Waals surface area contributed by atoms with Gasteiger partial charge < -0.3 is 0 Å². The summed E-state index contributed by atoms with van der Waals surface area (Å²) in [6.07, 6.45) is -12.3. The molecule has 0 radical (unpaired) electrons. The summed E-state index contributed by atoms with van der Waals surface area (Å²) < 4.78 is 67.3. The van der Waals surface area contributed by atoms with Gasteiger partial charge in [-0.15, -0.1) is 11.6 Å². The maximum absolute atomic E-state index is 12.1. The molecule has 0 saturated heterocycles. The largest absolute Gasteiger partial charge is 0.412 e. The van der Waals surface area contributed by atoms with Crippen molar-refractivity contribution in [2.45, 2.75) is 27.4 Å². The highest BCUT2D eigenvalue weighted by Gasteiger charge is 2.69. The molecule has 0 N–H and O–H groups in total. The van der Waals surface area contributed by atoms with Crippen molar-refractivity contribution in [3.63, 3.8) is 0 Å². The van der Waals surface area contributed by atoms with Gasteiger partial charge in [0.1, 0.15) is 0 Å². The molecule has 1 unspecified atom stereocenters. The van der Waals surface area contributed by atoms with Crippen LogP contribution in [0, 0.1) is 0 Å². The molecule has 0 spiro atoms. The summed E-state index contributed by atoms with van der Waals surface area (Å²) in [5.41, 5.74) is 0. The molecule has 9 heteroatoms. The maximum atomic E-state index is 12.1. The second-order valence-electron chi connectivity index (χ2n) is 2.39. The van der Waals surface area contributed by atoms with Crippen molar-refractivity contribution in [1.82, 2.24) is 0 Å². The van der Waals surface area contributed by atoms with Gasteiger partial charge in [-0.1, -0.05) is 31.9 Å². The van der Waals surface area contributed by atoms with E-state index < -0.39 is 27.4 Å². The molecular formula is C5H3Br2ClF6. The predicted octanol–water partition coefficient (Wildman–Crippen LogP) is 4.59. The van der Waals surface area contributed by atoms with E-state index in [2.05, 4.69) is 15.9 Å². The highest BCUT2D eigenvalue weighted by Crippen LogP contribution is 2.53. The van der Waals surface area contributed by atoms with Crippen LogP contribution in [0.5, 0.6) is 0 Å². The number of alkyl halides is 9. The van der Waals surface area contributed by atoms with Crippen molar-refractivity contribution in [1.29, 1.82) is 0 Å². The third kappa shape index (κ3) is 3.16. The Bertz CT molecular complexity index is 183. The molecule has 0 nitrogen and oxygen atoms in total. The number of hydrogen-bond acceptors (Lipinski definition) is 0. The molecule has 0 bridgehead atoms. The Morgan fingerprint density at radius 3 is 1.36 bits per heavy atom. The van der Waals surface area contributed by atoms with Crippen molar-refractivity contribution in [3.05, 3.63) is 0 Å². The van der Waals surface area contributed by atoms with Crippen molar-refractivity contribution < 1.29 is 26.3 Å². The van der Waals surface area contributed by atoms with Crippen molar-refractivity contribution >= 4 is 43.5 Å². The lowest BCUT2D eigenvalue weighted by molar-refractivity contribution is -0.262. The zero-order chi connectivity index (χ0) is 11.8. The lowest BCUT2D eigenvalue weighted by atomic mass is 10.1. The van der Waals surface area contributed by atoms with E-state index in [0.717, 1.165) is 0 Å². The molecule has 1 atom stereocenters. The molecule has 0 fully saturated rings. The summed E-state index contributed by atoms with van der Waals surface area (Å²) in [6.45, 7) is 0. The smallest absolute Gasteiger partial charge is 0.169 e. The molecule has 14 heavy (non-hydrogen) atoms. The van der Waals surface area contributed by atoms with Crippen LogP contribution in [0.3, 0.4) is 0 Å². The van der Waals surface area contributed by atoms with Gasteiger partial charge in [-0.3, -0.25) is 0 Å². The van der Waals surface area contributed by atoms with E-state index in [1.54, 1.807) is 15.9 Å². The Hall–Kier alpha value is 0.830. The summed E-state index contributed by atoms with van der Waals surface area (Å²) in [5.74, 6) is 0. The SMILES string of the molecule is FC(F)(F)C(Br)(CC(Cl)Br)C(F)(F)F. The Morgan fingerprint density at radius 2 is 1.29 bits per heavy atom. The second kappa shape index (κ2) is 4.37. The minimum absolute atomic E-state index is 1.35. The van der Waals surface area contributed by atoms with E-state index in [9.17, 15) is 26.3 Å². The number of halogens is 9. The average molecular weight is 372 g/mol. The first kappa shape index (κ1) is 14.8. The normalized spacial score (nSPS) is 16.9. The van der Waals surface area contributed by atoms with Gasteiger partial charge >= 0.3 is 12.4 Å². The van der Waals surface area contributed by atoms with Crippen LogP contribution in [0.15, 0.2) is 0 Å². The second-order valence-corrected chi connectivity index (χ2v) is 5.90. The van der Waals surface area contributed by atoms with Gasteiger partial charge in [-0.25, -0.2) is 0 Å². The van der Waals surface area contributed by atoms with Crippen LogP contribution in [0.2, 0.25) is 0 Å². The van der Waals surface area contributed by atoms with Crippen LogP contribution in [0.1, 0.15) is 6.42 Å². The quantitative estimate of drug-likeness (QED) is 0.491. The predicted molar refractivity (Wildman–Crippen MR) is 47.0 cm³/mol. The topological polar surface area (TPSA) is 0 Å². The Kier molecular flexibility index (Phi) is 4.63. The van der Waals surface area contributed by atoms with E-state index >= 15 is 0 Å². The third-order valence-corrected chi connectivity index (χ3v) is 3.04.